The van der Waals surface area contributed by atoms with Crippen LogP contribution in [0.5, 0.6) is 0 Å². The van der Waals surface area contributed by atoms with Gasteiger partial charge in [-0.25, -0.2) is 0 Å². The molecule has 1 atom stereocenters. The Kier molecular flexibility index (Phi) is 25.1. The van der Waals surface area contributed by atoms with Crippen molar-refractivity contribution in [3.8, 4) is 0 Å². The minimum atomic E-state index is -2.43. The van der Waals surface area contributed by atoms with Gasteiger partial charge in [0.15, 0.2) is 0 Å². The molecule has 1 heterocycles. The van der Waals surface area contributed by atoms with Gasteiger partial charge in [-0.05, 0) is 32.9 Å². The zero-order chi connectivity index (χ0) is 25.7. The molecule has 0 aliphatic carbocycles. The van der Waals surface area contributed by atoms with Gasteiger partial charge in [0.1, 0.15) is 6.10 Å². The summed E-state index contributed by atoms with van der Waals surface area (Å²) in [5, 5.41) is 8.52. The van der Waals surface area contributed by atoms with Crippen molar-refractivity contribution in [3.63, 3.8) is 0 Å². The van der Waals surface area contributed by atoms with Gasteiger partial charge in [0.05, 0.1) is 18.8 Å². The molecule has 1 aliphatic rings. The zero-order valence-corrected chi connectivity index (χ0v) is 24.5. The van der Waals surface area contributed by atoms with Crippen LogP contribution in [0.1, 0.15) is 27.2 Å². The van der Waals surface area contributed by atoms with E-state index in [9.17, 15) is 0 Å². The first-order valence-corrected chi connectivity index (χ1v) is 14.9. The summed E-state index contributed by atoms with van der Waals surface area (Å²) >= 11 is -1.75. The zero-order valence-electron chi connectivity index (χ0n) is 21.0. The van der Waals surface area contributed by atoms with Crippen LogP contribution < -0.4 is 0 Å². The van der Waals surface area contributed by atoms with Gasteiger partial charge in [-0.1, -0.05) is 6.58 Å². The van der Waals surface area contributed by atoms with Crippen LogP contribution in [-0.2, 0) is 58.9 Å². The molecule has 32 heavy (non-hydrogen) atoms. The molecule has 1 rings (SSSR count). The summed E-state index contributed by atoms with van der Waals surface area (Å²) in [6, 6.07) is 0.780. The fourth-order valence-corrected chi connectivity index (χ4v) is 4.52. The second kappa shape index (κ2) is 21.8. The van der Waals surface area contributed by atoms with Gasteiger partial charge in [-0.15, -0.1) is 0 Å². The monoisotopic (exact) mass is 539 g/mol. The molecular formula is C18H43O11Si2Ti. The number of hydrogen-bond acceptors (Lipinski definition) is 10. The number of ether oxygens (including phenoxy) is 2. The third kappa shape index (κ3) is 23.4. The fourth-order valence-electron chi connectivity index (χ4n) is 1.83. The predicted octanol–water partition coefficient (Wildman–Crippen LogP) is 1.36. The van der Waals surface area contributed by atoms with E-state index >= 15 is 0 Å². The molecule has 11 nitrogen and oxygen atoms in total. The second-order valence-corrected chi connectivity index (χ2v) is 13.3. The van der Waals surface area contributed by atoms with Crippen molar-refractivity contribution in [1.82, 2.24) is 0 Å². The molecule has 1 saturated heterocycles. The molecule has 0 saturated carbocycles. The van der Waals surface area contributed by atoms with E-state index in [0.29, 0.717) is 19.3 Å². The summed E-state index contributed by atoms with van der Waals surface area (Å²) in [6.45, 7) is 11.0. The first-order valence-electron chi connectivity index (χ1n) is 9.79. The molecule has 193 valence electrons. The Balaban J connectivity index is -0.000000420. The van der Waals surface area contributed by atoms with Crippen LogP contribution in [0.2, 0.25) is 6.04 Å². The summed E-state index contributed by atoms with van der Waals surface area (Å²) in [6.07, 6.45) is 1.22. The molecule has 0 aromatic heterocycles. The van der Waals surface area contributed by atoms with Gasteiger partial charge in [0.25, 0.3) is 0 Å². The molecule has 0 amide bonds. The Morgan fingerprint density at radius 3 is 1.62 bits per heavy atom. The van der Waals surface area contributed by atoms with Crippen LogP contribution in [0.4, 0.5) is 0 Å². The normalized spacial score (nSPS) is 15.0. The number of aliphatic hydroxyl groups is 1. The van der Waals surface area contributed by atoms with Crippen molar-refractivity contribution in [2.24, 2.45) is 0 Å². The molecule has 2 N–H and O–H groups in total. The standard InChI is InChI=1S/C9H20O5Si.C5H12O3Si.C4H10O.H2O.O.Ti/c1-10-15(11-2,12-3)6-4-5-13-7-9-8-14-9;1-5-9(6-2,7-3)8-4;1-4(2,3)5;;;/h9H,4-8H2,1-3H3;5H,1H2,2-4H3;5H,1-3H3;1H2;;/q;;;;;+1/p-1. The summed E-state index contributed by atoms with van der Waals surface area (Å²) in [4.78, 5) is 0. The van der Waals surface area contributed by atoms with Crippen LogP contribution in [0, 0.1) is 0 Å². The van der Waals surface area contributed by atoms with Crippen molar-refractivity contribution in [2.75, 3.05) is 62.5 Å². The van der Waals surface area contributed by atoms with Gasteiger partial charge >= 0.3 is 44.1 Å². The quantitative estimate of drug-likeness (QED) is 0.200. The molecule has 14 heteroatoms. The summed E-state index contributed by atoms with van der Waals surface area (Å²) in [5.41, 5.74) is 1.08. The van der Waals surface area contributed by atoms with Gasteiger partial charge in [-0.3, -0.25) is 0 Å². The van der Waals surface area contributed by atoms with Gasteiger partial charge in [0, 0.05) is 55.3 Å². The van der Waals surface area contributed by atoms with E-state index in [-0.39, 0.29) is 0 Å². The van der Waals surface area contributed by atoms with Crippen LogP contribution in [-0.4, -0.2) is 101 Å². The Hall–Kier alpha value is 0.288. The van der Waals surface area contributed by atoms with Crippen LogP contribution in [0.15, 0.2) is 12.3 Å². The number of epoxide rings is 1. The van der Waals surface area contributed by atoms with E-state index in [4.69, 9.17) is 48.1 Å². The Morgan fingerprint density at radius 1 is 1.03 bits per heavy atom. The summed E-state index contributed by atoms with van der Waals surface area (Å²) in [5.74, 6) is 0. The van der Waals surface area contributed by atoms with E-state index in [1.54, 1.807) is 69.1 Å². The van der Waals surface area contributed by atoms with Crippen molar-refractivity contribution >= 4 is 17.6 Å². The molecular weight excluding hydrogens is 496 g/mol. The maximum absolute atomic E-state index is 8.61. The molecule has 0 radical (unpaired) electrons. The minimum absolute atomic E-state index is 0.333. The fraction of sp³-hybridized carbons (Fsp3) is 0.889. The summed E-state index contributed by atoms with van der Waals surface area (Å²) < 4.78 is 57.0. The van der Waals surface area contributed by atoms with E-state index in [1.807, 2.05) is 0 Å². The average Bonchev–Trinajstić information content (AvgIpc) is 3.58. The van der Waals surface area contributed by atoms with Crippen molar-refractivity contribution in [1.29, 1.82) is 0 Å². The first-order chi connectivity index (χ1) is 14.9. The van der Waals surface area contributed by atoms with E-state index in [2.05, 4.69) is 6.58 Å². The first kappa shape index (κ1) is 36.8. The number of hydrogen-bond donors (Lipinski definition) is 2. The Morgan fingerprint density at radius 2 is 1.41 bits per heavy atom. The Bertz CT molecular complexity index is 419. The molecule has 1 unspecified atom stereocenters. The van der Waals surface area contributed by atoms with E-state index in [1.165, 1.54) is 0 Å². The van der Waals surface area contributed by atoms with Crippen molar-refractivity contribution in [2.45, 2.75) is 44.9 Å². The molecule has 0 aromatic carbocycles. The van der Waals surface area contributed by atoms with Crippen LogP contribution in [0.25, 0.3) is 0 Å². The van der Waals surface area contributed by atoms with Gasteiger partial charge in [0.2, 0.25) is 0 Å². The molecule has 1 aliphatic heterocycles. The molecule has 0 spiro atoms. The van der Waals surface area contributed by atoms with Gasteiger partial charge in [-0.2, -0.15) is 0 Å². The third-order valence-corrected chi connectivity index (χ3v) is 8.55. The molecule has 0 bridgehead atoms. The Labute approximate surface area is 204 Å². The maximum atomic E-state index is 8.61. The van der Waals surface area contributed by atoms with Crippen molar-refractivity contribution < 1.29 is 67.7 Å². The van der Waals surface area contributed by atoms with E-state index in [0.717, 1.165) is 19.1 Å². The third-order valence-electron chi connectivity index (χ3n) is 3.51. The summed E-state index contributed by atoms with van der Waals surface area (Å²) in [7, 11) is 4.68. The molecule has 1 fully saturated rings. The topological polar surface area (TPSA) is 135 Å². The average molecular weight is 540 g/mol. The SMILES string of the molecule is C=C[Si](OC)(OC)OC.CC(C)(C)O.CO[Si](CCCOCC1CO1)(OC)OC.[O]=[Ti][OH]. The predicted molar refractivity (Wildman–Crippen MR) is 119 cm³/mol. The number of rotatable bonds is 13. The van der Waals surface area contributed by atoms with E-state index < -0.39 is 42.7 Å². The van der Waals surface area contributed by atoms with Crippen molar-refractivity contribution in [3.05, 3.63) is 12.3 Å². The van der Waals surface area contributed by atoms with Gasteiger partial charge < -0.3 is 41.1 Å². The second-order valence-electron chi connectivity index (χ2n) is 7.11. The molecule has 0 aromatic rings. The van der Waals surface area contributed by atoms with Crippen LogP contribution >= 0.6 is 0 Å². The van der Waals surface area contributed by atoms with Crippen LogP contribution in [0.3, 0.4) is 0 Å².